The number of aromatic nitrogens is 1. The molecule has 0 bridgehead atoms. The molecule has 0 radical (unpaired) electrons. The van der Waals surface area contributed by atoms with E-state index in [-0.39, 0.29) is 5.91 Å². The number of rotatable bonds is 6. The van der Waals surface area contributed by atoms with Crippen molar-refractivity contribution < 1.29 is 4.79 Å². The van der Waals surface area contributed by atoms with Crippen LogP contribution in [-0.4, -0.2) is 10.9 Å². The van der Waals surface area contributed by atoms with Gasteiger partial charge < -0.3 is 5.32 Å². The van der Waals surface area contributed by atoms with E-state index in [2.05, 4.69) is 50.0 Å². The maximum absolute atomic E-state index is 11.8. The first-order valence-corrected chi connectivity index (χ1v) is 7.18. The number of nitrogens with zero attached hydrogens (tertiary/aromatic N) is 1. The molecule has 1 heterocycles. The summed E-state index contributed by atoms with van der Waals surface area (Å²) in [6.45, 7) is 12.7. The van der Waals surface area contributed by atoms with Crippen molar-refractivity contribution in [1.82, 2.24) is 10.3 Å². The summed E-state index contributed by atoms with van der Waals surface area (Å²) >= 11 is 1.59. The van der Waals surface area contributed by atoms with Gasteiger partial charge >= 0.3 is 0 Å². The monoisotopic (exact) mass is 266 g/mol. The zero-order valence-electron chi connectivity index (χ0n) is 11.6. The summed E-state index contributed by atoms with van der Waals surface area (Å²) in [5, 5.41) is 5.86. The van der Waals surface area contributed by atoms with E-state index in [1.54, 1.807) is 11.3 Å². The zero-order chi connectivity index (χ0) is 13.7. The zero-order valence-corrected chi connectivity index (χ0v) is 12.4. The minimum atomic E-state index is -0.0648. The second-order valence-electron chi connectivity index (χ2n) is 5.21. The molecule has 0 saturated carbocycles. The van der Waals surface area contributed by atoms with E-state index < -0.39 is 0 Å². The van der Waals surface area contributed by atoms with Gasteiger partial charge in [0.2, 0.25) is 5.91 Å². The van der Waals surface area contributed by atoms with Gasteiger partial charge in [-0.3, -0.25) is 4.79 Å². The quantitative estimate of drug-likeness (QED) is 0.801. The topological polar surface area (TPSA) is 42.0 Å². The average molecular weight is 266 g/mol. The number of hydrogen-bond donors (Lipinski definition) is 1. The number of nitrogens with one attached hydrogen (secondary N) is 1. The van der Waals surface area contributed by atoms with Gasteiger partial charge in [0.1, 0.15) is 5.01 Å². The largest absolute Gasteiger partial charge is 0.346 e. The summed E-state index contributed by atoms with van der Waals surface area (Å²) in [5.41, 5.74) is 1.73. The van der Waals surface area contributed by atoms with E-state index in [4.69, 9.17) is 0 Å². The molecule has 1 aromatic heterocycles. The molecule has 0 aliphatic carbocycles. The molecule has 0 atom stereocenters. The Balaban J connectivity index is 2.44. The molecule has 4 heteroatoms. The minimum Gasteiger partial charge on any atom is -0.346 e. The number of thiazole rings is 1. The molecule has 1 N–H and O–H groups in total. The highest BCUT2D eigenvalue weighted by Gasteiger charge is 2.10. The third-order valence-corrected chi connectivity index (χ3v) is 3.40. The molecule has 1 rings (SSSR count). The van der Waals surface area contributed by atoms with Crippen molar-refractivity contribution in [2.75, 3.05) is 0 Å². The average Bonchev–Trinajstić information content (AvgIpc) is 2.73. The van der Waals surface area contributed by atoms with Gasteiger partial charge in [-0.25, -0.2) is 4.98 Å². The molecule has 0 aliphatic rings. The molecule has 0 aromatic carbocycles. The van der Waals surface area contributed by atoms with Crippen LogP contribution in [0.15, 0.2) is 17.5 Å². The van der Waals surface area contributed by atoms with Crippen molar-refractivity contribution in [3.8, 4) is 0 Å². The molecule has 0 unspecified atom stereocenters. The molecule has 0 aliphatic heterocycles. The summed E-state index contributed by atoms with van der Waals surface area (Å²) in [6.07, 6.45) is 0.737. The molecule has 1 amide bonds. The van der Waals surface area contributed by atoms with Crippen LogP contribution in [0.1, 0.15) is 50.7 Å². The molecule has 0 spiro atoms. The Bertz CT molecular complexity index is 421. The van der Waals surface area contributed by atoms with Crippen LogP contribution < -0.4 is 5.32 Å². The predicted octanol–water partition coefficient (Wildman–Crippen LogP) is 3.49. The Morgan fingerprint density at radius 1 is 1.44 bits per heavy atom. The molecule has 1 aromatic rings. The third kappa shape index (κ3) is 4.61. The summed E-state index contributed by atoms with van der Waals surface area (Å²) in [7, 11) is 0. The van der Waals surface area contributed by atoms with Crippen LogP contribution in [0.3, 0.4) is 0 Å². The van der Waals surface area contributed by atoms with E-state index in [0.717, 1.165) is 17.1 Å². The lowest BCUT2D eigenvalue weighted by atomic mass is 10.0. The van der Waals surface area contributed by atoms with Crippen molar-refractivity contribution in [1.29, 1.82) is 0 Å². The fourth-order valence-electron chi connectivity index (χ4n) is 1.54. The minimum absolute atomic E-state index is 0.0648. The highest BCUT2D eigenvalue weighted by molar-refractivity contribution is 7.09. The summed E-state index contributed by atoms with van der Waals surface area (Å²) < 4.78 is 0. The summed E-state index contributed by atoms with van der Waals surface area (Å²) in [6, 6.07) is 0. The van der Waals surface area contributed by atoms with E-state index in [1.165, 1.54) is 0 Å². The lowest BCUT2D eigenvalue weighted by Gasteiger charge is -2.08. The lowest BCUT2D eigenvalue weighted by Crippen LogP contribution is -2.24. The van der Waals surface area contributed by atoms with Crippen LogP contribution in [0.2, 0.25) is 0 Å². The van der Waals surface area contributed by atoms with Crippen LogP contribution >= 0.6 is 11.3 Å². The molecular weight excluding hydrogens is 244 g/mol. The Kier molecular flexibility index (Phi) is 5.54. The van der Waals surface area contributed by atoms with E-state index in [1.807, 2.05) is 0 Å². The normalized spacial score (nSPS) is 11.0. The highest BCUT2D eigenvalue weighted by atomic mass is 32.1. The fourth-order valence-corrected chi connectivity index (χ4v) is 2.43. The van der Waals surface area contributed by atoms with Crippen LogP contribution in [0, 0.1) is 5.92 Å². The number of carbonyl (C=O) groups is 1. The first-order valence-electron chi connectivity index (χ1n) is 6.30. The van der Waals surface area contributed by atoms with Crippen LogP contribution in [-0.2, 0) is 11.3 Å². The van der Waals surface area contributed by atoms with E-state index in [0.29, 0.717) is 24.0 Å². The van der Waals surface area contributed by atoms with Gasteiger partial charge in [-0.05, 0) is 18.3 Å². The van der Waals surface area contributed by atoms with Crippen molar-refractivity contribution in [2.45, 2.75) is 46.6 Å². The van der Waals surface area contributed by atoms with Gasteiger partial charge in [0, 0.05) is 11.0 Å². The van der Waals surface area contributed by atoms with E-state index in [9.17, 15) is 4.79 Å². The Hall–Kier alpha value is -1.16. The molecule has 0 saturated heterocycles. The Morgan fingerprint density at radius 3 is 2.61 bits per heavy atom. The molecular formula is C14H22N2OS. The number of carbonyl (C=O) groups excluding carboxylic acids is 1. The van der Waals surface area contributed by atoms with Crippen LogP contribution in [0.25, 0.3) is 0 Å². The van der Waals surface area contributed by atoms with Crippen molar-refractivity contribution >= 4 is 17.2 Å². The third-order valence-electron chi connectivity index (χ3n) is 2.54. The maximum Gasteiger partial charge on any atom is 0.246 e. The molecule has 0 fully saturated rings. The fraction of sp³-hybridized carbons (Fsp3) is 0.571. The molecule has 3 nitrogen and oxygen atoms in total. The lowest BCUT2D eigenvalue weighted by molar-refractivity contribution is -0.117. The summed E-state index contributed by atoms with van der Waals surface area (Å²) in [4.78, 5) is 16.2. The van der Waals surface area contributed by atoms with Gasteiger partial charge in [0.05, 0.1) is 12.2 Å². The van der Waals surface area contributed by atoms with E-state index >= 15 is 0 Å². The van der Waals surface area contributed by atoms with Crippen LogP contribution in [0.4, 0.5) is 0 Å². The van der Waals surface area contributed by atoms with Crippen molar-refractivity contribution in [3.63, 3.8) is 0 Å². The van der Waals surface area contributed by atoms with Gasteiger partial charge in [0.15, 0.2) is 0 Å². The standard InChI is InChI=1S/C14H22N2OS/c1-9(2)6-11(5)14(17)15-7-13-16-12(8-18-13)10(3)4/h8-10H,5-7H2,1-4H3,(H,15,17). The van der Waals surface area contributed by atoms with Crippen molar-refractivity contribution in [3.05, 3.63) is 28.2 Å². The van der Waals surface area contributed by atoms with Crippen molar-refractivity contribution in [2.24, 2.45) is 5.92 Å². The number of hydrogen-bond acceptors (Lipinski definition) is 3. The molecule has 18 heavy (non-hydrogen) atoms. The second-order valence-corrected chi connectivity index (χ2v) is 6.15. The Morgan fingerprint density at radius 2 is 2.11 bits per heavy atom. The Labute approximate surface area is 113 Å². The van der Waals surface area contributed by atoms with Crippen LogP contribution in [0.5, 0.6) is 0 Å². The predicted molar refractivity (Wildman–Crippen MR) is 76.6 cm³/mol. The molecule has 100 valence electrons. The summed E-state index contributed by atoms with van der Waals surface area (Å²) in [5.74, 6) is 0.822. The first-order chi connectivity index (χ1) is 8.40. The van der Waals surface area contributed by atoms with Gasteiger partial charge in [-0.1, -0.05) is 34.3 Å². The maximum atomic E-state index is 11.8. The SMILES string of the molecule is C=C(CC(C)C)C(=O)NCc1nc(C(C)C)cs1. The van der Waals surface area contributed by atoms with Gasteiger partial charge in [-0.15, -0.1) is 11.3 Å². The first kappa shape index (κ1) is 14.9. The smallest absolute Gasteiger partial charge is 0.246 e. The second kappa shape index (κ2) is 6.69. The van der Waals surface area contributed by atoms with Gasteiger partial charge in [0.25, 0.3) is 0 Å². The highest BCUT2D eigenvalue weighted by Crippen LogP contribution is 2.17. The van der Waals surface area contributed by atoms with Gasteiger partial charge in [-0.2, -0.15) is 0 Å². The number of amides is 1.